The number of aromatic nitrogens is 4. The zero-order valence-corrected chi connectivity index (χ0v) is 31.6. The third-order valence-electron chi connectivity index (χ3n) is 10.5. The van der Waals surface area contributed by atoms with Gasteiger partial charge >= 0.3 is 6.09 Å². The van der Waals surface area contributed by atoms with Gasteiger partial charge in [0.2, 0.25) is 34.1 Å². The lowest BCUT2D eigenvalue weighted by Crippen LogP contribution is -2.59. The summed E-state index contributed by atoms with van der Waals surface area (Å²) in [7, 11) is -2.59. The quantitative estimate of drug-likeness (QED) is 0.270. The minimum absolute atomic E-state index is 0.101. The maximum atomic E-state index is 14.6. The van der Waals surface area contributed by atoms with E-state index in [0.717, 1.165) is 32.1 Å². The molecule has 1 saturated heterocycles. The molecule has 4 amide bonds. The number of methoxy groups -OCH3 is 1. The van der Waals surface area contributed by atoms with Gasteiger partial charge in [0.25, 0.3) is 5.91 Å². The minimum atomic E-state index is -4.12. The Morgan fingerprint density at radius 2 is 1.72 bits per heavy atom. The maximum absolute atomic E-state index is 14.6. The summed E-state index contributed by atoms with van der Waals surface area (Å²) in [5, 5.41) is 17.2. The summed E-state index contributed by atoms with van der Waals surface area (Å²) in [6, 6.07) is 3.75. The zero-order valence-electron chi connectivity index (χ0n) is 30.8. The highest BCUT2D eigenvalue weighted by molar-refractivity contribution is 7.91. The summed E-state index contributed by atoms with van der Waals surface area (Å²) in [4.78, 5) is 57.7. The number of halogens is 2. The molecule has 1 unspecified atom stereocenters. The summed E-state index contributed by atoms with van der Waals surface area (Å²) < 4.78 is 66.1. The normalized spacial score (nSPS) is 25.2. The molecule has 2 aromatic rings. The molecule has 296 valence electrons. The van der Waals surface area contributed by atoms with Gasteiger partial charge in [0.1, 0.15) is 29.0 Å². The minimum Gasteiger partial charge on any atom is -0.497 e. The van der Waals surface area contributed by atoms with Gasteiger partial charge in [-0.3, -0.25) is 19.1 Å². The molecule has 5 atom stereocenters. The van der Waals surface area contributed by atoms with Crippen LogP contribution in [0.25, 0.3) is 11.4 Å². The van der Waals surface area contributed by atoms with Crippen LogP contribution in [0.3, 0.4) is 0 Å². The fourth-order valence-electron chi connectivity index (χ4n) is 7.38. The lowest BCUT2D eigenvalue weighted by atomic mass is 9.84. The van der Waals surface area contributed by atoms with E-state index in [2.05, 4.69) is 26.0 Å². The maximum Gasteiger partial charge on any atom is 0.408 e. The molecule has 2 heterocycles. The van der Waals surface area contributed by atoms with Gasteiger partial charge in [-0.2, -0.15) is 4.80 Å². The van der Waals surface area contributed by atoms with E-state index in [1.54, 1.807) is 45.0 Å². The van der Waals surface area contributed by atoms with Gasteiger partial charge in [0, 0.05) is 18.5 Å². The van der Waals surface area contributed by atoms with Crippen molar-refractivity contribution in [1.29, 1.82) is 0 Å². The van der Waals surface area contributed by atoms with Crippen LogP contribution in [0.1, 0.15) is 91.0 Å². The van der Waals surface area contributed by atoms with E-state index in [-0.39, 0.29) is 31.1 Å². The number of amides is 4. The van der Waals surface area contributed by atoms with E-state index >= 15 is 0 Å². The molecule has 0 radical (unpaired) electrons. The van der Waals surface area contributed by atoms with Crippen molar-refractivity contribution in [3.05, 3.63) is 24.3 Å². The third-order valence-corrected chi connectivity index (χ3v) is 12.3. The number of alkyl carbamates (subject to hydrolysis) is 1. The number of nitrogens with zero attached hydrogens (tertiary/aromatic N) is 5. The van der Waals surface area contributed by atoms with Gasteiger partial charge in [-0.1, -0.05) is 32.1 Å². The highest BCUT2D eigenvalue weighted by Gasteiger charge is 2.66. The van der Waals surface area contributed by atoms with Crippen molar-refractivity contribution in [3.8, 4) is 17.1 Å². The molecule has 16 nitrogen and oxygen atoms in total. The molecular formula is C35H48F2N8O8S. The van der Waals surface area contributed by atoms with Crippen molar-refractivity contribution in [2.45, 2.75) is 126 Å². The molecule has 3 saturated carbocycles. The number of ether oxygens (including phenoxy) is 2. The average Bonchev–Trinajstić information content (AvgIpc) is 4.00. The van der Waals surface area contributed by atoms with Crippen LogP contribution in [-0.2, 0) is 29.1 Å². The number of rotatable bonds is 13. The molecule has 1 aromatic carbocycles. The van der Waals surface area contributed by atoms with E-state index < -0.39 is 87.1 Å². The molecule has 1 aliphatic heterocycles. The second kappa shape index (κ2) is 15.4. The van der Waals surface area contributed by atoms with Crippen molar-refractivity contribution in [3.63, 3.8) is 0 Å². The molecule has 3 N–H and O–H groups in total. The Balaban J connectivity index is 1.29. The van der Waals surface area contributed by atoms with Crippen LogP contribution in [0, 0.1) is 11.8 Å². The molecule has 54 heavy (non-hydrogen) atoms. The first kappa shape index (κ1) is 39.3. The molecule has 4 fully saturated rings. The number of carbonyl (C=O) groups excluding carboxylic acids is 4. The fourth-order valence-corrected chi connectivity index (χ4v) is 8.74. The van der Waals surface area contributed by atoms with Gasteiger partial charge in [-0.25, -0.2) is 22.0 Å². The Morgan fingerprint density at radius 1 is 1.04 bits per heavy atom. The third kappa shape index (κ3) is 8.92. The van der Waals surface area contributed by atoms with Crippen molar-refractivity contribution in [2.75, 3.05) is 13.7 Å². The summed E-state index contributed by atoms with van der Waals surface area (Å²) in [5.74, 6) is -3.45. The van der Waals surface area contributed by atoms with Crippen molar-refractivity contribution in [2.24, 2.45) is 11.8 Å². The van der Waals surface area contributed by atoms with Gasteiger partial charge in [0.05, 0.1) is 24.3 Å². The van der Waals surface area contributed by atoms with Crippen LogP contribution >= 0.6 is 0 Å². The van der Waals surface area contributed by atoms with Crippen LogP contribution in [0.15, 0.2) is 24.3 Å². The topological polar surface area (TPSA) is 204 Å². The number of benzene rings is 1. The van der Waals surface area contributed by atoms with E-state index in [4.69, 9.17) is 9.47 Å². The lowest BCUT2D eigenvalue weighted by molar-refractivity contribution is -0.141. The second-order valence-corrected chi connectivity index (χ2v) is 17.7. The zero-order chi connectivity index (χ0) is 39.0. The smallest absolute Gasteiger partial charge is 0.408 e. The average molecular weight is 779 g/mol. The molecule has 19 heteroatoms. The van der Waals surface area contributed by atoms with Crippen LogP contribution in [0.2, 0.25) is 0 Å². The predicted molar refractivity (Wildman–Crippen MR) is 188 cm³/mol. The molecule has 3 aliphatic carbocycles. The molecule has 1 aromatic heterocycles. The number of alkyl halides is 2. The van der Waals surface area contributed by atoms with Gasteiger partial charge in [-0.05, 0) is 81.9 Å². The standard InChI is InChI=1S/C35H48F2N8O8S/c1-34(2,3)53-33(49)38-26(16-20-8-6-5-7-9-20)31(47)44-19-22(45-41-29(40-43-45)21-10-12-23(52-4)13-11-21)17-27(44)30(46)39-35(18-25(35)28(36)37)32(48)42-54(50,51)24-14-15-24/h10-13,20,22,24-28H,5-9,14-19H2,1-4H3,(H,38,49)(H,39,46)(H,42,48)/t22-,25+,26+,27?,35-/m1/s1. The number of sulfonamides is 1. The molecule has 0 spiro atoms. The number of hydrogen-bond acceptors (Lipinski definition) is 11. The van der Waals surface area contributed by atoms with Gasteiger partial charge < -0.3 is 25.0 Å². The predicted octanol–water partition coefficient (Wildman–Crippen LogP) is 3.10. The molecule has 0 bridgehead atoms. The summed E-state index contributed by atoms with van der Waals surface area (Å²) in [5.41, 5.74) is -2.45. The number of hydrogen-bond donors (Lipinski definition) is 3. The largest absolute Gasteiger partial charge is 0.497 e. The second-order valence-electron chi connectivity index (χ2n) is 15.8. The van der Waals surface area contributed by atoms with E-state index in [9.17, 15) is 36.4 Å². The Bertz CT molecular complexity index is 1830. The van der Waals surface area contributed by atoms with Crippen LogP contribution in [0.4, 0.5) is 13.6 Å². The Hall–Kier alpha value is -4.42. The lowest BCUT2D eigenvalue weighted by Gasteiger charge is -2.32. The van der Waals surface area contributed by atoms with E-state index in [1.165, 1.54) is 16.8 Å². The Morgan fingerprint density at radius 3 is 2.31 bits per heavy atom. The first-order chi connectivity index (χ1) is 25.5. The number of likely N-dealkylation sites (tertiary alicyclic amines) is 1. The summed E-state index contributed by atoms with van der Waals surface area (Å²) in [6.45, 7) is 4.94. The first-order valence-electron chi connectivity index (χ1n) is 18.4. The SMILES string of the molecule is COc1ccc(-c2nnn([C@@H]3CC(C(=O)N[C@]4(C(=O)NS(=O)(=O)C5CC5)C[C@H]4C(F)F)N(C(=O)[C@H](CC4CCCCC4)NC(=O)OC(C)(C)C)C3)n2)cc1. The number of carbonyl (C=O) groups is 4. The molecular weight excluding hydrogens is 730 g/mol. The number of nitrogens with one attached hydrogen (secondary N) is 3. The molecule has 4 aliphatic rings. The van der Waals surface area contributed by atoms with Crippen molar-refractivity contribution < 1.29 is 45.9 Å². The first-order valence-corrected chi connectivity index (χ1v) is 19.9. The van der Waals surface area contributed by atoms with Gasteiger partial charge in [0.15, 0.2) is 0 Å². The highest BCUT2D eigenvalue weighted by Crippen LogP contribution is 2.48. The fraction of sp³-hybridized carbons (Fsp3) is 0.686. The van der Waals surface area contributed by atoms with E-state index in [0.29, 0.717) is 24.2 Å². The monoisotopic (exact) mass is 778 g/mol. The Kier molecular flexibility index (Phi) is 11.2. The Labute approximate surface area is 312 Å². The van der Waals surface area contributed by atoms with Crippen LogP contribution in [0.5, 0.6) is 5.75 Å². The number of tetrazole rings is 1. The summed E-state index contributed by atoms with van der Waals surface area (Å²) in [6.07, 6.45) is 1.17. The van der Waals surface area contributed by atoms with Gasteiger partial charge in [-0.15, -0.1) is 10.2 Å². The molecule has 6 rings (SSSR count). The van der Waals surface area contributed by atoms with Crippen LogP contribution in [-0.4, -0.2) is 106 Å². The van der Waals surface area contributed by atoms with Crippen LogP contribution < -0.4 is 20.1 Å². The van der Waals surface area contributed by atoms with Crippen molar-refractivity contribution in [1.82, 2.24) is 40.5 Å². The highest BCUT2D eigenvalue weighted by atomic mass is 32.2. The van der Waals surface area contributed by atoms with Crippen molar-refractivity contribution >= 4 is 33.8 Å². The summed E-state index contributed by atoms with van der Waals surface area (Å²) >= 11 is 0. The van der Waals surface area contributed by atoms with E-state index in [1.807, 2.05) is 4.72 Å².